The molecular weight excluding hydrogens is 282 g/mol. The van der Waals surface area contributed by atoms with Crippen LogP contribution in [0.15, 0.2) is 30.3 Å². The summed E-state index contributed by atoms with van der Waals surface area (Å²) in [6, 6.07) is 10.1. The molecule has 5 nitrogen and oxygen atoms in total. The van der Waals surface area contributed by atoms with Gasteiger partial charge >= 0.3 is 5.97 Å². The minimum Gasteiger partial charge on any atom is -0.480 e. The number of hydrogen-bond acceptors (Lipinski definition) is 3. The van der Waals surface area contributed by atoms with Crippen LogP contribution >= 0.6 is 0 Å². The van der Waals surface area contributed by atoms with Gasteiger partial charge in [0.05, 0.1) is 11.8 Å². The van der Waals surface area contributed by atoms with Crippen LogP contribution in [0.25, 0.3) is 0 Å². The highest BCUT2D eigenvalue weighted by atomic mass is 16.4. The molecule has 1 aliphatic heterocycles. The molecule has 22 heavy (non-hydrogen) atoms. The van der Waals surface area contributed by atoms with Gasteiger partial charge in [-0.3, -0.25) is 19.3 Å². The fourth-order valence-corrected chi connectivity index (χ4v) is 4.90. The van der Waals surface area contributed by atoms with Gasteiger partial charge in [-0.15, -0.1) is 0 Å². The quantitative estimate of drug-likeness (QED) is 0.858. The summed E-state index contributed by atoms with van der Waals surface area (Å²) in [6.07, 6.45) is 1.84. The van der Waals surface area contributed by atoms with Crippen molar-refractivity contribution >= 4 is 17.8 Å². The van der Waals surface area contributed by atoms with E-state index in [2.05, 4.69) is 12.1 Å². The number of carboxylic acids is 1. The van der Waals surface area contributed by atoms with E-state index in [0.29, 0.717) is 5.92 Å². The Morgan fingerprint density at radius 3 is 2.45 bits per heavy atom. The highest BCUT2D eigenvalue weighted by Crippen LogP contribution is 2.61. The Morgan fingerprint density at radius 1 is 1.09 bits per heavy atom. The molecular formula is C17H17NO4. The topological polar surface area (TPSA) is 74.7 Å². The van der Waals surface area contributed by atoms with Crippen LogP contribution in [0, 0.1) is 23.7 Å². The van der Waals surface area contributed by atoms with Crippen LogP contribution in [0.5, 0.6) is 0 Å². The lowest BCUT2D eigenvalue weighted by Gasteiger charge is -2.28. The van der Waals surface area contributed by atoms with E-state index in [-0.39, 0.29) is 35.5 Å². The van der Waals surface area contributed by atoms with Crippen LogP contribution in [0.4, 0.5) is 0 Å². The van der Waals surface area contributed by atoms with Crippen molar-refractivity contribution in [1.82, 2.24) is 4.90 Å². The summed E-state index contributed by atoms with van der Waals surface area (Å²) in [5.41, 5.74) is 1.23. The predicted molar refractivity (Wildman–Crippen MR) is 76.7 cm³/mol. The first kappa shape index (κ1) is 13.5. The summed E-state index contributed by atoms with van der Waals surface area (Å²) >= 11 is 0. The van der Waals surface area contributed by atoms with Crippen molar-refractivity contribution in [2.24, 2.45) is 23.7 Å². The van der Waals surface area contributed by atoms with E-state index >= 15 is 0 Å². The summed E-state index contributed by atoms with van der Waals surface area (Å²) in [5.74, 6) is -1.56. The number of fused-ring (bicyclic) bond motifs is 5. The summed E-state index contributed by atoms with van der Waals surface area (Å²) in [5, 5.41) is 8.90. The van der Waals surface area contributed by atoms with Gasteiger partial charge in [-0.1, -0.05) is 30.3 Å². The van der Waals surface area contributed by atoms with Gasteiger partial charge in [-0.25, -0.2) is 0 Å². The first-order valence-electron chi connectivity index (χ1n) is 7.70. The fraction of sp³-hybridized carbons (Fsp3) is 0.471. The van der Waals surface area contributed by atoms with E-state index in [9.17, 15) is 14.4 Å². The van der Waals surface area contributed by atoms with Crippen LogP contribution < -0.4 is 0 Å². The van der Waals surface area contributed by atoms with Crippen molar-refractivity contribution in [2.45, 2.75) is 18.8 Å². The third kappa shape index (κ3) is 1.74. The van der Waals surface area contributed by atoms with Gasteiger partial charge in [0.15, 0.2) is 0 Å². The molecule has 5 heteroatoms. The maximum Gasteiger partial charge on any atom is 0.323 e. The Hall–Kier alpha value is -2.17. The normalized spacial score (nSPS) is 36.0. The molecule has 1 N–H and O–H groups in total. The highest BCUT2D eigenvalue weighted by Gasteiger charge is 2.63. The van der Waals surface area contributed by atoms with Crippen LogP contribution in [0.3, 0.4) is 0 Å². The number of carbonyl (C=O) groups excluding carboxylic acids is 2. The third-order valence-corrected chi connectivity index (χ3v) is 5.63. The number of benzene rings is 1. The summed E-state index contributed by atoms with van der Waals surface area (Å²) in [7, 11) is 0. The van der Waals surface area contributed by atoms with Crippen LogP contribution in [-0.4, -0.2) is 34.3 Å². The molecule has 0 aromatic heterocycles. The van der Waals surface area contributed by atoms with Gasteiger partial charge in [0.25, 0.3) is 0 Å². The van der Waals surface area contributed by atoms with Crippen LogP contribution in [-0.2, 0) is 14.4 Å². The van der Waals surface area contributed by atoms with Crippen molar-refractivity contribution in [1.29, 1.82) is 0 Å². The number of hydrogen-bond donors (Lipinski definition) is 1. The molecule has 0 unspecified atom stereocenters. The molecule has 1 aromatic carbocycles. The number of carbonyl (C=O) groups is 3. The Bertz CT molecular complexity index is 656. The Kier molecular flexibility index (Phi) is 2.86. The van der Waals surface area contributed by atoms with E-state index in [1.165, 1.54) is 5.56 Å². The zero-order chi connectivity index (χ0) is 15.4. The third-order valence-electron chi connectivity index (χ3n) is 5.63. The molecule has 2 bridgehead atoms. The molecule has 1 aromatic rings. The van der Waals surface area contributed by atoms with Gasteiger partial charge in [-0.2, -0.15) is 0 Å². The van der Waals surface area contributed by atoms with Crippen LogP contribution in [0.2, 0.25) is 0 Å². The van der Waals surface area contributed by atoms with Crippen LogP contribution in [0.1, 0.15) is 24.3 Å². The largest absolute Gasteiger partial charge is 0.480 e. The van der Waals surface area contributed by atoms with Crippen molar-refractivity contribution in [3.8, 4) is 0 Å². The van der Waals surface area contributed by atoms with E-state index in [0.717, 1.165) is 17.7 Å². The number of imide groups is 1. The average Bonchev–Trinajstić information content (AvgIpc) is 3.15. The van der Waals surface area contributed by atoms with Crippen molar-refractivity contribution in [3.05, 3.63) is 35.9 Å². The molecule has 4 rings (SSSR count). The zero-order valence-electron chi connectivity index (χ0n) is 12.0. The molecule has 114 valence electrons. The zero-order valence-corrected chi connectivity index (χ0v) is 12.0. The Morgan fingerprint density at radius 2 is 1.77 bits per heavy atom. The van der Waals surface area contributed by atoms with E-state index in [1.54, 1.807) is 0 Å². The predicted octanol–water partition coefficient (Wildman–Crippen LogP) is 1.50. The lowest BCUT2D eigenvalue weighted by atomic mass is 9.73. The van der Waals surface area contributed by atoms with Gasteiger partial charge < -0.3 is 5.11 Å². The number of amides is 2. The van der Waals surface area contributed by atoms with Gasteiger partial charge in [0.1, 0.15) is 6.54 Å². The van der Waals surface area contributed by atoms with Crippen molar-refractivity contribution in [3.63, 3.8) is 0 Å². The molecule has 5 atom stereocenters. The average molecular weight is 299 g/mol. The maximum atomic E-state index is 12.5. The maximum absolute atomic E-state index is 12.5. The molecule has 3 aliphatic rings. The van der Waals surface area contributed by atoms with E-state index in [1.807, 2.05) is 18.2 Å². The molecule has 2 saturated carbocycles. The molecule has 2 aliphatic carbocycles. The summed E-state index contributed by atoms with van der Waals surface area (Å²) in [4.78, 5) is 36.8. The monoisotopic (exact) mass is 299 g/mol. The molecule has 2 amide bonds. The smallest absolute Gasteiger partial charge is 0.323 e. The second-order valence-corrected chi connectivity index (χ2v) is 6.62. The fourth-order valence-electron chi connectivity index (χ4n) is 4.90. The van der Waals surface area contributed by atoms with Gasteiger partial charge in [0, 0.05) is 0 Å². The molecule has 0 spiro atoms. The minimum absolute atomic E-state index is 0.174. The molecule has 3 fully saturated rings. The van der Waals surface area contributed by atoms with Gasteiger partial charge in [-0.05, 0) is 36.2 Å². The number of carboxylic acid groups (broad SMARTS) is 1. The lowest BCUT2D eigenvalue weighted by molar-refractivity contribution is -0.149. The molecule has 0 radical (unpaired) electrons. The first-order chi connectivity index (χ1) is 10.6. The number of rotatable bonds is 3. The first-order valence-corrected chi connectivity index (χ1v) is 7.70. The second-order valence-electron chi connectivity index (χ2n) is 6.62. The SMILES string of the molecule is O=C(O)CN1C(=O)[C@H]2[C@H]3C[C@@H]([C@@H]2C1=O)[C@H](c1ccccc1)C3. The number of nitrogens with zero attached hydrogens (tertiary/aromatic N) is 1. The Balaban J connectivity index is 1.64. The lowest BCUT2D eigenvalue weighted by Crippen LogP contribution is -2.37. The summed E-state index contributed by atoms with van der Waals surface area (Å²) in [6.45, 7) is -0.500. The number of aliphatic carboxylic acids is 1. The van der Waals surface area contributed by atoms with Crippen molar-refractivity contribution < 1.29 is 19.5 Å². The van der Waals surface area contributed by atoms with Gasteiger partial charge in [0.2, 0.25) is 11.8 Å². The highest BCUT2D eigenvalue weighted by molar-refractivity contribution is 6.07. The van der Waals surface area contributed by atoms with E-state index < -0.39 is 12.5 Å². The molecule has 1 heterocycles. The number of likely N-dealkylation sites (tertiary alicyclic amines) is 1. The summed E-state index contributed by atoms with van der Waals surface area (Å²) < 4.78 is 0. The second kappa shape index (κ2) is 4.66. The van der Waals surface area contributed by atoms with E-state index in [4.69, 9.17) is 5.11 Å². The van der Waals surface area contributed by atoms with Crippen molar-refractivity contribution in [2.75, 3.05) is 6.54 Å². The minimum atomic E-state index is -1.13. The Labute approximate surface area is 127 Å². The molecule has 1 saturated heterocycles. The standard InChI is InChI=1S/C17H17NO4/c19-13(20)8-18-16(21)14-10-6-11(9-4-2-1-3-5-9)12(7-10)15(14)17(18)22/h1-5,10-12,14-15H,6-8H2,(H,19,20)/t10-,11+,12-,14+,15+/m1/s1.